The molecule has 2 aliphatic rings. The van der Waals surface area contributed by atoms with Crippen molar-refractivity contribution in [2.75, 3.05) is 0 Å². The van der Waals surface area contributed by atoms with Crippen LogP contribution in [0.4, 0.5) is 0 Å². The molecule has 0 unspecified atom stereocenters. The van der Waals surface area contributed by atoms with Gasteiger partial charge in [0.2, 0.25) is 0 Å². The smallest absolute Gasteiger partial charge is 0.200 e. The third kappa shape index (κ3) is 2.98. The van der Waals surface area contributed by atoms with Gasteiger partial charge < -0.3 is 0 Å². The van der Waals surface area contributed by atoms with E-state index in [1.807, 2.05) is 12.1 Å². The van der Waals surface area contributed by atoms with Crippen molar-refractivity contribution in [2.24, 2.45) is 16.9 Å². The van der Waals surface area contributed by atoms with E-state index in [1.165, 1.54) is 12.8 Å². The number of hydrogen-bond acceptors (Lipinski definition) is 3. The summed E-state index contributed by atoms with van der Waals surface area (Å²) in [7, 11) is -3.54. The molecule has 2 bridgehead atoms. The quantitative estimate of drug-likeness (QED) is 0.868. The van der Waals surface area contributed by atoms with Crippen LogP contribution in [0.25, 0.3) is 0 Å². The highest BCUT2D eigenvalue weighted by Gasteiger charge is 2.36. The van der Waals surface area contributed by atoms with E-state index in [9.17, 15) is 8.42 Å². The number of sulfonamides is 1. The van der Waals surface area contributed by atoms with E-state index in [0.29, 0.717) is 11.8 Å². The predicted octanol–water partition coefficient (Wildman–Crippen LogP) is 3.26. The molecule has 2 fully saturated rings. The van der Waals surface area contributed by atoms with Crippen molar-refractivity contribution in [3.8, 4) is 0 Å². The molecule has 2 atom stereocenters. The maximum absolute atomic E-state index is 12.3. The SMILES string of the molecule is CC(C)c1ccc(S(=O)(=O)N/N=C2/C[C@@H]3CC[C@H]2C3)cc1. The first-order chi connectivity index (χ1) is 9.95. The first-order valence-corrected chi connectivity index (χ1v) is 9.12. The zero-order valence-corrected chi connectivity index (χ0v) is 13.4. The maximum Gasteiger partial charge on any atom is 0.276 e. The molecule has 21 heavy (non-hydrogen) atoms. The van der Waals surface area contributed by atoms with Crippen LogP contribution in [-0.4, -0.2) is 14.1 Å². The van der Waals surface area contributed by atoms with Crippen LogP contribution in [0.1, 0.15) is 51.0 Å². The van der Waals surface area contributed by atoms with Crippen molar-refractivity contribution in [1.29, 1.82) is 0 Å². The Morgan fingerprint density at radius 1 is 1.19 bits per heavy atom. The Morgan fingerprint density at radius 3 is 2.43 bits per heavy atom. The molecule has 0 amide bonds. The molecule has 0 saturated heterocycles. The molecule has 1 N–H and O–H groups in total. The fourth-order valence-corrected chi connectivity index (χ4v) is 4.20. The second-order valence-electron chi connectivity index (χ2n) is 6.50. The van der Waals surface area contributed by atoms with Gasteiger partial charge in [-0.05, 0) is 61.1 Å². The van der Waals surface area contributed by atoms with Crippen LogP contribution in [0, 0.1) is 11.8 Å². The van der Waals surface area contributed by atoms with Gasteiger partial charge in [0, 0.05) is 5.71 Å². The lowest BCUT2D eigenvalue weighted by Crippen LogP contribution is -2.22. The minimum atomic E-state index is -3.54. The lowest BCUT2D eigenvalue weighted by atomic mass is 9.99. The Morgan fingerprint density at radius 2 is 1.90 bits per heavy atom. The topological polar surface area (TPSA) is 58.5 Å². The summed E-state index contributed by atoms with van der Waals surface area (Å²) in [5, 5.41) is 4.19. The van der Waals surface area contributed by atoms with Gasteiger partial charge in [-0.25, -0.2) is 4.83 Å². The minimum Gasteiger partial charge on any atom is -0.200 e. The highest BCUT2D eigenvalue weighted by atomic mass is 32.2. The molecule has 2 saturated carbocycles. The lowest BCUT2D eigenvalue weighted by molar-refractivity contribution is 0.579. The molecule has 2 aliphatic carbocycles. The van der Waals surface area contributed by atoms with Gasteiger partial charge in [-0.1, -0.05) is 26.0 Å². The van der Waals surface area contributed by atoms with E-state index >= 15 is 0 Å². The van der Waals surface area contributed by atoms with Crippen LogP contribution in [-0.2, 0) is 10.0 Å². The molecule has 5 heteroatoms. The lowest BCUT2D eigenvalue weighted by Gasteiger charge is -2.12. The van der Waals surface area contributed by atoms with Crippen LogP contribution in [0.5, 0.6) is 0 Å². The minimum absolute atomic E-state index is 0.277. The van der Waals surface area contributed by atoms with Crippen LogP contribution < -0.4 is 4.83 Å². The molecule has 4 nitrogen and oxygen atoms in total. The van der Waals surface area contributed by atoms with Gasteiger partial charge in [0.15, 0.2) is 0 Å². The summed E-state index contributed by atoms with van der Waals surface area (Å²) in [6.45, 7) is 4.17. The Labute approximate surface area is 126 Å². The molecule has 0 spiro atoms. The van der Waals surface area contributed by atoms with Crippen LogP contribution in [0.3, 0.4) is 0 Å². The van der Waals surface area contributed by atoms with Crippen LogP contribution in [0.2, 0.25) is 0 Å². The number of rotatable bonds is 4. The largest absolute Gasteiger partial charge is 0.276 e. The van der Waals surface area contributed by atoms with E-state index in [-0.39, 0.29) is 4.90 Å². The normalized spacial score (nSPS) is 26.7. The number of nitrogens with zero attached hydrogens (tertiary/aromatic N) is 1. The molecule has 0 aliphatic heterocycles. The fraction of sp³-hybridized carbons (Fsp3) is 0.562. The molecular formula is C16H22N2O2S. The summed E-state index contributed by atoms with van der Waals surface area (Å²) >= 11 is 0. The van der Waals surface area contributed by atoms with Gasteiger partial charge in [-0.3, -0.25) is 0 Å². The van der Waals surface area contributed by atoms with E-state index in [1.54, 1.807) is 12.1 Å². The molecule has 1 aromatic carbocycles. The summed E-state index contributed by atoms with van der Waals surface area (Å²) in [6.07, 6.45) is 4.57. The number of benzene rings is 1. The molecular weight excluding hydrogens is 284 g/mol. The Balaban J connectivity index is 1.73. The third-order valence-corrected chi connectivity index (χ3v) is 5.90. The third-order valence-electron chi connectivity index (χ3n) is 4.68. The second-order valence-corrected chi connectivity index (χ2v) is 8.16. The number of nitrogens with one attached hydrogen (secondary N) is 1. The van der Waals surface area contributed by atoms with Gasteiger partial charge in [-0.2, -0.15) is 13.5 Å². The van der Waals surface area contributed by atoms with E-state index in [2.05, 4.69) is 23.8 Å². The summed E-state index contributed by atoms with van der Waals surface area (Å²) < 4.78 is 24.5. The van der Waals surface area contributed by atoms with Crippen LogP contribution in [0.15, 0.2) is 34.3 Å². The Bertz CT molecular complexity index is 647. The molecule has 114 valence electrons. The highest BCUT2D eigenvalue weighted by Crippen LogP contribution is 2.42. The molecule has 1 aromatic rings. The van der Waals surface area contributed by atoms with Gasteiger partial charge in [-0.15, -0.1) is 0 Å². The summed E-state index contributed by atoms with van der Waals surface area (Å²) in [4.78, 5) is 2.69. The average Bonchev–Trinajstić information content (AvgIpc) is 3.08. The van der Waals surface area contributed by atoms with Crippen molar-refractivity contribution in [3.63, 3.8) is 0 Å². The molecule has 0 aromatic heterocycles. The summed E-state index contributed by atoms with van der Waals surface area (Å²) in [6, 6.07) is 7.03. The van der Waals surface area contributed by atoms with Gasteiger partial charge in [0.1, 0.15) is 0 Å². The average molecular weight is 306 g/mol. The number of hydrazone groups is 1. The predicted molar refractivity (Wildman–Crippen MR) is 83.7 cm³/mol. The Hall–Kier alpha value is -1.36. The zero-order chi connectivity index (χ0) is 15.0. The summed E-state index contributed by atoms with van der Waals surface area (Å²) in [5.74, 6) is 1.62. The van der Waals surface area contributed by atoms with Crippen molar-refractivity contribution in [2.45, 2.75) is 50.3 Å². The maximum atomic E-state index is 12.3. The summed E-state index contributed by atoms with van der Waals surface area (Å²) in [5.41, 5.74) is 2.17. The van der Waals surface area contributed by atoms with Crippen molar-refractivity contribution < 1.29 is 8.42 Å². The second kappa shape index (κ2) is 5.44. The highest BCUT2D eigenvalue weighted by molar-refractivity contribution is 7.89. The van der Waals surface area contributed by atoms with Gasteiger partial charge in [0.05, 0.1) is 4.90 Å². The fourth-order valence-electron chi connectivity index (χ4n) is 3.37. The molecule has 3 rings (SSSR count). The van der Waals surface area contributed by atoms with Gasteiger partial charge >= 0.3 is 0 Å². The van der Waals surface area contributed by atoms with Gasteiger partial charge in [0.25, 0.3) is 10.0 Å². The van der Waals surface area contributed by atoms with Crippen molar-refractivity contribution in [3.05, 3.63) is 29.8 Å². The van der Waals surface area contributed by atoms with E-state index in [0.717, 1.165) is 30.0 Å². The number of hydrogen-bond donors (Lipinski definition) is 1. The van der Waals surface area contributed by atoms with Crippen molar-refractivity contribution in [1.82, 2.24) is 4.83 Å². The van der Waals surface area contributed by atoms with Crippen LogP contribution >= 0.6 is 0 Å². The molecule has 0 radical (unpaired) electrons. The first kappa shape index (κ1) is 14.6. The zero-order valence-electron chi connectivity index (χ0n) is 12.5. The first-order valence-electron chi connectivity index (χ1n) is 7.64. The van der Waals surface area contributed by atoms with E-state index in [4.69, 9.17) is 0 Å². The monoisotopic (exact) mass is 306 g/mol. The van der Waals surface area contributed by atoms with Crippen molar-refractivity contribution >= 4 is 15.7 Å². The number of fused-ring (bicyclic) bond motifs is 2. The van der Waals surface area contributed by atoms with E-state index < -0.39 is 10.0 Å². The standard InChI is InChI=1S/C16H22N2O2S/c1-11(2)13-5-7-15(8-6-13)21(19,20)18-17-16-10-12-3-4-14(16)9-12/h5-8,11-12,14,18H,3-4,9-10H2,1-2H3/b17-16-/t12-,14+/m1/s1. The Kier molecular flexibility index (Phi) is 3.78. The molecule has 0 heterocycles.